The van der Waals surface area contributed by atoms with Gasteiger partial charge in [0.25, 0.3) is 5.91 Å². The smallest absolute Gasteiger partial charge is 0.273 e. The van der Waals surface area contributed by atoms with Crippen LogP contribution in [0.2, 0.25) is 0 Å². The number of carbonyl (C=O) groups is 1. The van der Waals surface area contributed by atoms with Crippen molar-refractivity contribution in [1.29, 1.82) is 0 Å². The molecular weight excluding hydrogens is 382 g/mol. The molecule has 2 N–H and O–H groups in total. The van der Waals surface area contributed by atoms with Gasteiger partial charge in [-0.3, -0.25) is 9.48 Å². The maximum Gasteiger partial charge on any atom is 0.273 e. The zero-order valence-electron chi connectivity index (χ0n) is 15.0. The van der Waals surface area contributed by atoms with Gasteiger partial charge in [0.1, 0.15) is 10.7 Å². The molecule has 1 aliphatic heterocycles. The normalized spacial score (nSPS) is 19.1. The number of hydrogen-bond donors (Lipinski definition) is 1. The summed E-state index contributed by atoms with van der Waals surface area (Å²) < 4.78 is 1.73. The Morgan fingerprint density at radius 1 is 1.30 bits per heavy atom. The third-order valence-corrected chi connectivity index (χ3v) is 5.83. The number of benzene rings is 1. The van der Waals surface area contributed by atoms with Crippen molar-refractivity contribution in [1.82, 2.24) is 19.7 Å². The number of nitrogens with two attached hydrogens (primary N) is 1. The Bertz CT molecular complexity index is 910. The van der Waals surface area contributed by atoms with Gasteiger partial charge in [-0.25, -0.2) is 4.98 Å². The highest BCUT2D eigenvalue weighted by Gasteiger charge is 2.36. The van der Waals surface area contributed by atoms with Crippen LogP contribution in [0.25, 0.3) is 10.6 Å². The van der Waals surface area contributed by atoms with Gasteiger partial charge < -0.3 is 10.6 Å². The van der Waals surface area contributed by atoms with Crippen LogP contribution in [0.1, 0.15) is 22.0 Å². The van der Waals surface area contributed by atoms with Crippen LogP contribution in [0.4, 0.5) is 0 Å². The summed E-state index contributed by atoms with van der Waals surface area (Å²) in [5, 5.41) is 6.81. The molecule has 0 saturated carbocycles. The van der Waals surface area contributed by atoms with Crippen molar-refractivity contribution in [3.63, 3.8) is 0 Å². The summed E-state index contributed by atoms with van der Waals surface area (Å²) in [5.41, 5.74) is 8.66. The molecule has 1 saturated heterocycles. The predicted octanol–water partition coefficient (Wildman–Crippen LogP) is 2.78. The largest absolute Gasteiger partial charge is 0.336 e. The lowest BCUT2D eigenvalue weighted by molar-refractivity contribution is 0.0781. The van der Waals surface area contributed by atoms with Crippen molar-refractivity contribution in [2.24, 2.45) is 18.7 Å². The summed E-state index contributed by atoms with van der Waals surface area (Å²) in [6, 6.07) is 10.3. The number of hydrogen-bond acceptors (Lipinski definition) is 5. The van der Waals surface area contributed by atoms with Crippen molar-refractivity contribution in [3.8, 4) is 10.6 Å². The predicted molar refractivity (Wildman–Crippen MR) is 109 cm³/mol. The third-order valence-electron chi connectivity index (χ3n) is 4.93. The van der Waals surface area contributed by atoms with E-state index >= 15 is 0 Å². The fourth-order valence-electron chi connectivity index (χ4n) is 3.55. The first-order chi connectivity index (χ1) is 12.7. The summed E-state index contributed by atoms with van der Waals surface area (Å²) >= 11 is 1.47. The molecule has 2 atom stereocenters. The Labute approximate surface area is 168 Å². The molecule has 1 aromatic carbocycles. The second-order valence-corrected chi connectivity index (χ2v) is 7.52. The molecule has 0 radical (unpaired) electrons. The van der Waals surface area contributed by atoms with Gasteiger partial charge in [-0.15, -0.1) is 23.7 Å². The minimum absolute atomic E-state index is 0. The zero-order valence-corrected chi connectivity index (χ0v) is 16.6. The number of aromatic nitrogens is 3. The molecule has 0 bridgehead atoms. The molecule has 0 unspecified atom stereocenters. The third kappa shape index (κ3) is 3.90. The van der Waals surface area contributed by atoms with Gasteiger partial charge in [-0.2, -0.15) is 5.10 Å². The number of carbonyl (C=O) groups excluding carboxylic acids is 1. The van der Waals surface area contributed by atoms with Crippen LogP contribution >= 0.6 is 23.7 Å². The maximum absolute atomic E-state index is 12.9. The van der Waals surface area contributed by atoms with Gasteiger partial charge in [-0.1, -0.05) is 30.3 Å². The van der Waals surface area contributed by atoms with Crippen LogP contribution in [-0.4, -0.2) is 45.2 Å². The Morgan fingerprint density at radius 3 is 2.74 bits per heavy atom. The van der Waals surface area contributed by atoms with Gasteiger partial charge in [-0.05, 0) is 18.0 Å². The number of amides is 1. The fraction of sp³-hybridized carbons (Fsp3) is 0.316. The summed E-state index contributed by atoms with van der Waals surface area (Å²) in [4.78, 5) is 19.4. The molecule has 3 heterocycles. The average molecular weight is 404 g/mol. The molecule has 0 spiro atoms. The summed E-state index contributed by atoms with van der Waals surface area (Å²) in [7, 11) is 1.87. The summed E-state index contributed by atoms with van der Waals surface area (Å²) in [6.07, 6.45) is 3.66. The standard InChI is InChI=1S/C19H21N5OS.ClH/c1-23-9-15(8-21-23)18-22-17(12-26-18)19(25)24-10-14(7-20)16(11-24)13-5-3-2-4-6-13;/h2-6,8-9,12,14,16H,7,10-11,20H2,1H3;1H/t14-,16+;/m1./s1. The van der Waals surface area contributed by atoms with Gasteiger partial charge in [0.2, 0.25) is 0 Å². The van der Waals surface area contributed by atoms with E-state index in [1.54, 1.807) is 10.9 Å². The monoisotopic (exact) mass is 403 g/mol. The van der Waals surface area contributed by atoms with Gasteiger partial charge in [0.15, 0.2) is 0 Å². The number of halogens is 1. The molecule has 1 aliphatic rings. The van der Waals surface area contributed by atoms with Crippen LogP contribution in [0, 0.1) is 5.92 Å². The number of likely N-dealkylation sites (tertiary alicyclic amines) is 1. The van der Waals surface area contributed by atoms with Crippen LogP contribution in [0.3, 0.4) is 0 Å². The van der Waals surface area contributed by atoms with E-state index in [-0.39, 0.29) is 30.2 Å². The first kappa shape index (κ1) is 19.5. The second kappa shape index (κ2) is 8.21. The van der Waals surface area contributed by atoms with Crippen LogP contribution in [0.15, 0.2) is 48.1 Å². The van der Waals surface area contributed by atoms with E-state index in [2.05, 4.69) is 22.2 Å². The number of aryl methyl sites for hydroxylation is 1. The Hall–Kier alpha value is -2.22. The van der Waals surface area contributed by atoms with Crippen molar-refractivity contribution >= 4 is 29.7 Å². The lowest BCUT2D eigenvalue weighted by Gasteiger charge is -2.16. The first-order valence-electron chi connectivity index (χ1n) is 8.64. The summed E-state index contributed by atoms with van der Waals surface area (Å²) in [6.45, 7) is 1.93. The highest BCUT2D eigenvalue weighted by molar-refractivity contribution is 7.13. The van der Waals surface area contributed by atoms with E-state index in [9.17, 15) is 4.79 Å². The van der Waals surface area contributed by atoms with E-state index in [0.29, 0.717) is 25.3 Å². The molecule has 6 nitrogen and oxygen atoms in total. The molecule has 8 heteroatoms. The number of rotatable bonds is 4. The van der Waals surface area contributed by atoms with E-state index in [4.69, 9.17) is 5.73 Å². The van der Waals surface area contributed by atoms with E-state index in [1.807, 2.05) is 41.7 Å². The minimum Gasteiger partial charge on any atom is -0.336 e. The zero-order chi connectivity index (χ0) is 18.1. The van der Waals surface area contributed by atoms with Gasteiger partial charge >= 0.3 is 0 Å². The first-order valence-corrected chi connectivity index (χ1v) is 9.52. The van der Waals surface area contributed by atoms with E-state index in [0.717, 1.165) is 10.6 Å². The van der Waals surface area contributed by atoms with E-state index in [1.165, 1.54) is 16.9 Å². The molecule has 0 aliphatic carbocycles. The summed E-state index contributed by atoms with van der Waals surface area (Å²) in [5.74, 6) is 0.535. The highest BCUT2D eigenvalue weighted by atomic mass is 35.5. The fourth-order valence-corrected chi connectivity index (χ4v) is 4.32. The molecule has 1 amide bonds. The molecule has 4 rings (SSSR count). The Morgan fingerprint density at radius 2 is 2.07 bits per heavy atom. The van der Waals surface area contributed by atoms with Crippen molar-refractivity contribution < 1.29 is 4.79 Å². The SMILES string of the molecule is Cl.Cn1cc(-c2nc(C(=O)N3C[C@@H](CN)[C@H](c4ccccc4)C3)cs2)cn1. The molecule has 1 fully saturated rings. The Balaban J connectivity index is 0.00000210. The lowest BCUT2D eigenvalue weighted by Crippen LogP contribution is -2.30. The topological polar surface area (TPSA) is 77.0 Å². The van der Waals surface area contributed by atoms with Crippen LogP contribution < -0.4 is 5.73 Å². The molecule has 27 heavy (non-hydrogen) atoms. The van der Waals surface area contributed by atoms with Crippen LogP contribution in [-0.2, 0) is 7.05 Å². The second-order valence-electron chi connectivity index (χ2n) is 6.66. The van der Waals surface area contributed by atoms with Crippen LogP contribution in [0.5, 0.6) is 0 Å². The van der Waals surface area contributed by atoms with Gasteiger partial charge in [0, 0.05) is 43.2 Å². The molecular formula is C19H22ClN5OS. The maximum atomic E-state index is 12.9. The molecule has 3 aromatic rings. The Kier molecular flexibility index (Phi) is 5.94. The quantitative estimate of drug-likeness (QED) is 0.726. The van der Waals surface area contributed by atoms with Crippen molar-refractivity contribution in [2.45, 2.75) is 5.92 Å². The highest BCUT2D eigenvalue weighted by Crippen LogP contribution is 2.33. The van der Waals surface area contributed by atoms with Crippen molar-refractivity contribution in [3.05, 3.63) is 59.4 Å². The lowest BCUT2D eigenvalue weighted by atomic mass is 9.89. The average Bonchev–Trinajstić information content (AvgIpc) is 3.40. The number of nitrogens with zero attached hydrogens (tertiary/aromatic N) is 4. The van der Waals surface area contributed by atoms with Crippen molar-refractivity contribution in [2.75, 3.05) is 19.6 Å². The van der Waals surface area contributed by atoms with Gasteiger partial charge in [0.05, 0.1) is 6.20 Å². The minimum atomic E-state index is -0.0201. The molecule has 2 aromatic heterocycles. The number of thiazole rings is 1. The molecule has 142 valence electrons. The van der Waals surface area contributed by atoms with E-state index < -0.39 is 0 Å².